The van der Waals surface area contributed by atoms with E-state index in [1.807, 2.05) is 47.3 Å². The zero-order valence-electron chi connectivity index (χ0n) is 15.0. The number of imidazole rings is 1. The van der Waals surface area contributed by atoms with Gasteiger partial charge in [0.2, 0.25) is 6.33 Å². The molecule has 3 aromatic rings. The molecule has 0 aliphatic carbocycles. The maximum atomic E-state index is 11.8. The second-order valence-electron chi connectivity index (χ2n) is 5.96. The Labute approximate surface area is 169 Å². The molecule has 0 fully saturated rings. The van der Waals surface area contributed by atoms with Gasteiger partial charge in [0.05, 0.1) is 25.2 Å². The van der Waals surface area contributed by atoms with Gasteiger partial charge in [0.15, 0.2) is 5.69 Å². The molecular weight excluding hydrogens is 406 g/mol. The van der Waals surface area contributed by atoms with E-state index in [1.54, 1.807) is 6.07 Å². The van der Waals surface area contributed by atoms with Gasteiger partial charge in [-0.1, -0.05) is 42.5 Å². The van der Waals surface area contributed by atoms with E-state index in [0.29, 0.717) is 25.1 Å². The number of aromatic nitrogens is 2. The lowest BCUT2D eigenvalue weighted by Crippen LogP contribution is -3.00. The van der Waals surface area contributed by atoms with Crippen molar-refractivity contribution < 1.29 is 31.1 Å². The maximum absolute atomic E-state index is 11.8. The fourth-order valence-electron chi connectivity index (χ4n) is 2.89. The molecule has 0 spiro atoms. The number of carbonyl (C=O) groups excluding carboxylic acids is 1. The molecule has 27 heavy (non-hydrogen) atoms. The molecule has 1 aromatic heterocycles. The van der Waals surface area contributed by atoms with Crippen LogP contribution < -0.4 is 21.5 Å². The number of aryl methyl sites for hydroxylation is 1. The molecule has 6 heteroatoms. The summed E-state index contributed by atoms with van der Waals surface area (Å²) in [6, 6.07) is 19.7. The lowest BCUT2D eigenvalue weighted by Gasteiger charge is -2.04. The number of benzene rings is 2. The van der Waals surface area contributed by atoms with Gasteiger partial charge < -0.3 is 21.7 Å². The number of nitrogens with zero attached hydrogens (tertiary/aromatic N) is 3. The Bertz CT molecular complexity index is 946. The minimum Gasteiger partial charge on any atom is -1.00 e. The van der Waals surface area contributed by atoms with Crippen LogP contribution >= 0.6 is 0 Å². The fraction of sp³-hybridized carbons (Fsp3) is 0.190. The summed E-state index contributed by atoms with van der Waals surface area (Å²) in [5, 5.41) is 8.85. The van der Waals surface area contributed by atoms with Gasteiger partial charge in [-0.15, -0.1) is 0 Å². The molecule has 0 saturated carbocycles. The number of carbonyl (C=O) groups is 1. The fourth-order valence-corrected chi connectivity index (χ4v) is 2.89. The molecule has 0 bridgehead atoms. The number of hydrogen-bond acceptors (Lipinski definition) is 3. The first-order valence-electron chi connectivity index (χ1n) is 8.40. The van der Waals surface area contributed by atoms with Crippen molar-refractivity contribution in [1.82, 2.24) is 4.57 Å². The topological polar surface area (TPSA) is 58.9 Å². The van der Waals surface area contributed by atoms with Gasteiger partial charge in [0, 0.05) is 5.56 Å². The third kappa shape index (κ3) is 5.05. The van der Waals surface area contributed by atoms with Gasteiger partial charge in [-0.3, -0.25) is 0 Å². The quantitative estimate of drug-likeness (QED) is 0.418. The van der Waals surface area contributed by atoms with Gasteiger partial charge in [-0.05, 0) is 17.7 Å². The van der Waals surface area contributed by atoms with E-state index in [2.05, 4.69) is 29.0 Å². The maximum Gasteiger partial charge on any atom is 0.337 e. The van der Waals surface area contributed by atoms with Crippen molar-refractivity contribution in [2.45, 2.75) is 19.5 Å². The lowest BCUT2D eigenvalue weighted by molar-refractivity contribution is -0.695. The van der Waals surface area contributed by atoms with E-state index in [9.17, 15) is 4.79 Å². The third-order valence-electron chi connectivity index (χ3n) is 4.14. The summed E-state index contributed by atoms with van der Waals surface area (Å²) < 4.78 is 8.95. The number of halogens is 1. The highest BCUT2D eigenvalue weighted by Crippen LogP contribution is 2.19. The average molecular weight is 426 g/mol. The highest BCUT2D eigenvalue weighted by molar-refractivity contribution is 5.89. The van der Waals surface area contributed by atoms with Crippen molar-refractivity contribution in [1.29, 1.82) is 5.26 Å². The summed E-state index contributed by atoms with van der Waals surface area (Å²) in [6.45, 7) is 1.26. The number of esters is 1. The zero-order valence-corrected chi connectivity index (χ0v) is 16.6. The molecule has 138 valence electrons. The minimum atomic E-state index is -0.341. The van der Waals surface area contributed by atoms with Crippen molar-refractivity contribution in [3.05, 3.63) is 78.2 Å². The summed E-state index contributed by atoms with van der Waals surface area (Å²) in [6.07, 6.45) is 4.52. The Morgan fingerprint density at radius 1 is 1.19 bits per heavy atom. The van der Waals surface area contributed by atoms with E-state index in [1.165, 1.54) is 7.11 Å². The Balaban J connectivity index is 0.00000261. The standard InChI is InChI=1S/C21H20N3O2.BrH/c1-26-21(25)19-10-5-7-17(13-19)14-24-16-23(12-6-11-22)15-20(24)18-8-3-2-4-9-18;/h2-5,7-10,13,15-16H,6,12,14H2,1H3;1H/q+1;/p-1. The molecule has 5 nitrogen and oxygen atoms in total. The molecule has 3 rings (SSSR count). The van der Waals surface area contributed by atoms with E-state index in [-0.39, 0.29) is 23.0 Å². The second-order valence-corrected chi connectivity index (χ2v) is 5.96. The predicted molar refractivity (Wildman–Crippen MR) is 97.2 cm³/mol. The van der Waals surface area contributed by atoms with Crippen LogP contribution in [0.3, 0.4) is 0 Å². The summed E-state index contributed by atoms with van der Waals surface area (Å²) in [5.74, 6) is -0.341. The van der Waals surface area contributed by atoms with Crippen LogP contribution in [0, 0.1) is 11.3 Å². The van der Waals surface area contributed by atoms with Gasteiger partial charge >= 0.3 is 5.97 Å². The second kappa shape index (κ2) is 9.70. The summed E-state index contributed by atoms with van der Waals surface area (Å²) >= 11 is 0. The van der Waals surface area contributed by atoms with Crippen molar-refractivity contribution in [2.24, 2.45) is 0 Å². The van der Waals surface area contributed by atoms with E-state index < -0.39 is 0 Å². The average Bonchev–Trinajstić information content (AvgIpc) is 3.09. The van der Waals surface area contributed by atoms with Gasteiger partial charge in [0.25, 0.3) is 0 Å². The van der Waals surface area contributed by atoms with Crippen molar-refractivity contribution in [3.63, 3.8) is 0 Å². The Morgan fingerprint density at radius 2 is 1.96 bits per heavy atom. The van der Waals surface area contributed by atoms with E-state index >= 15 is 0 Å². The molecule has 0 unspecified atom stereocenters. The van der Waals surface area contributed by atoms with Gasteiger partial charge in [-0.25, -0.2) is 13.9 Å². The van der Waals surface area contributed by atoms with Gasteiger partial charge in [0.1, 0.15) is 19.3 Å². The molecule has 0 amide bonds. The van der Waals surface area contributed by atoms with Crippen LogP contribution in [-0.4, -0.2) is 17.6 Å². The third-order valence-corrected chi connectivity index (χ3v) is 4.14. The van der Waals surface area contributed by atoms with Crippen LogP contribution in [0.4, 0.5) is 0 Å². The predicted octanol–water partition coefficient (Wildman–Crippen LogP) is 0.195. The van der Waals surface area contributed by atoms with Crippen LogP contribution in [-0.2, 0) is 17.8 Å². The Morgan fingerprint density at radius 3 is 2.67 bits per heavy atom. The van der Waals surface area contributed by atoms with Gasteiger partial charge in [-0.2, -0.15) is 5.26 Å². The number of ether oxygens (including phenoxy) is 1. The molecule has 0 aliphatic rings. The molecule has 0 atom stereocenters. The minimum absolute atomic E-state index is 0. The first kappa shape index (κ1) is 20.4. The van der Waals surface area contributed by atoms with Crippen LogP contribution in [0.15, 0.2) is 67.1 Å². The monoisotopic (exact) mass is 425 g/mol. The normalized spacial score (nSPS) is 9.93. The smallest absolute Gasteiger partial charge is 0.337 e. The van der Waals surface area contributed by atoms with E-state index in [0.717, 1.165) is 16.8 Å². The lowest BCUT2D eigenvalue weighted by atomic mass is 10.1. The molecule has 0 saturated heterocycles. The highest BCUT2D eigenvalue weighted by atomic mass is 79.9. The first-order valence-corrected chi connectivity index (χ1v) is 8.40. The molecular formula is C21H20BrN3O2. The highest BCUT2D eigenvalue weighted by Gasteiger charge is 2.16. The van der Waals surface area contributed by atoms with Crippen LogP contribution in [0.2, 0.25) is 0 Å². The van der Waals surface area contributed by atoms with Crippen LogP contribution in [0.25, 0.3) is 11.3 Å². The Kier molecular flexibility index (Phi) is 7.33. The van der Waals surface area contributed by atoms with Crippen LogP contribution in [0.1, 0.15) is 22.3 Å². The van der Waals surface area contributed by atoms with Crippen LogP contribution in [0.5, 0.6) is 0 Å². The zero-order chi connectivity index (χ0) is 18.4. The molecule has 0 radical (unpaired) electrons. The molecule has 2 aromatic carbocycles. The molecule has 0 aliphatic heterocycles. The Hall–Kier alpha value is -2.91. The van der Waals surface area contributed by atoms with E-state index in [4.69, 9.17) is 10.00 Å². The van der Waals surface area contributed by atoms with Crippen molar-refractivity contribution >= 4 is 5.97 Å². The summed E-state index contributed by atoms with van der Waals surface area (Å²) in [7, 11) is 1.38. The number of methoxy groups -OCH3 is 1. The SMILES string of the molecule is COC(=O)c1cccc(Cn2c[n+](CCC#N)cc2-c2ccccc2)c1.[Br-]. The number of rotatable bonds is 6. The summed E-state index contributed by atoms with van der Waals surface area (Å²) in [4.78, 5) is 11.8. The number of nitriles is 1. The first-order chi connectivity index (χ1) is 12.7. The largest absolute Gasteiger partial charge is 1.00 e. The van der Waals surface area contributed by atoms with Crippen molar-refractivity contribution in [3.8, 4) is 17.3 Å². The molecule has 0 N–H and O–H groups in total. The molecule has 1 heterocycles. The number of hydrogen-bond donors (Lipinski definition) is 0. The summed E-state index contributed by atoms with van der Waals surface area (Å²) in [5.41, 5.74) is 3.71. The van der Waals surface area contributed by atoms with Crippen molar-refractivity contribution in [2.75, 3.05) is 7.11 Å².